The number of ether oxygens (including phenoxy) is 1. The fourth-order valence-corrected chi connectivity index (χ4v) is 5.93. The predicted molar refractivity (Wildman–Crippen MR) is 159 cm³/mol. The first-order valence-electron chi connectivity index (χ1n) is 13.3. The van der Waals surface area contributed by atoms with Gasteiger partial charge >= 0.3 is 0 Å². The molecule has 43 heavy (non-hydrogen) atoms. The van der Waals surface area contributed by atoms with E-state index in [1.54, 1.807) is 12.1 Å². The van der Waals surface area contributed by atoms with Crippen molar-refractivity contribution in [3.8, 4) is 5.75 Å². The van der Waals surface area contributed by atoms with Crippen LogP contribution in [0.15, 0.2) is 108 Å². The molecule has 0 aliphatic carbocycles. The number of carbonyl (C=O) groups is 2. The monoisotopic (exact) mass is 607 g/mol. The molecule has 8 nitrogen and oxygen atoms in total. The van der Waals surface area contributed by atoms with Crippen molar-refractivity contribution in [3.63, 3.8) is 0 Å². The molecule has 4 aromatic carbocycles. The first-order valence-corrected chi connectivity index (χ1v) is 14.8. The van der Waals surface area contributed by atoms with Gasteiger partial charge in [-0.2, -0.15) is 0 Å². The van der Waals surface area contributed by atoms with Crippen LogP contribution in [-0.2, 0) is 32.6 Å². The van der Waals surface area contributed by atoms with E-state index in [0.717, 1.165) is 22.0 Å². The summed E-state index contributed by atoms with van der Waals surface area (Å²) < 4.78 is 61.4. The second-order valence-electron chi connectivity index (χ2n) is 9.63. The van der Waals surface area contributed by atoms with Crippen molar-refractivity contribution in [1.29, 1.82) is 0 Å². The first kappa shape index (κ1) is 31.2. The molecule has 2 amide bonds. The summed E-state index contributed by atoms with van der Waals surface area (Å²) in [5.74, 6) is -1.79. The second kappa shape index (κ2) is 13.9. The van der Waals surface area contributed by atoms with Crippen molar-refractivity contribution in [3.05, 3.63) is 126 Å². The summed E-state index contributed by atoms with van der Waals surface area (Å²) in [6.07, 6.45) is 0.134. The number of hydrogen-bond acceptors (Lipinski definition) is 5. The van der Waals surface area contributed by atoms with Crippen molar-refractivity contribution in [2.45, 2.75) is 23.9 Å². The lowest BCUT2D eigenvalue weighted by atomic mass is 10.0. The van der Waals surface area contributed by atoms with Gasteiger partial charge in [-0.25, -0.2) is 17.2 Å². The van der Waals surface area contributed by atoms with Crippen LogP contribution in [0.3, 0.4) is 0 Å². The van der Waals surface area contributed by atoms with E-state index >= 15 is 0 Å². The minimum Gasteiger partial charge on any atom is -0.497 e. The number of anilines is 1. The fourth-order valence-electron chi connectivity index (χ4n) is 4.52. The van der Waals surface area contributed by atoms with Crippen molar-refractivity contribution in [1.82, 2.24) is 10.2 Å². The number of nitrogens with one attached hydrogen (secondary N) is 1. The Morgan fingerprint density at radius 2 is 1.40 bits per heavy atom. The molecule has 0 fully saturated rings. The summed E-state index contributed by atoms with van der Waals surface area (Å²) in [6, 6.07) is 23.8. The maximum Gasteiger partial charge on any atom is 0.264 e. The molecule has 0 unspecified atom stereocenters. The summed E-state index contributed by atoms with van der Waals surface area (Å²) in [4.78, 5) is 28.5. The van der Waals surface area contributed by atoms with Crippen LogP contribution in [0.5, 0.6) is 5.75 Å². The van der Waals surface area contributed by atoms with E-state index in [1.807, 2.05) is 18.2 Å². The molecule has 0 spiro atoms. The smallest absolute Gasteiger partial charge is 0.264 e. The molecule has 0 aliphatic heterocycles. The van der Waals surface area contributed by atoms with E-state index in [4.69, 9.17) is 4.74 Å². The van der Waals surface area contributed by atoms with Crippen LogP contribution in [-0.4, -0.2) is 51.9 Å². The third-order valence-electron chi connectivity index (χ3n) is 6.82. The average molecular weight is 608 g/mol. The quantitative estimate of drug-likeness (QED) is 0.255. The lowest BCUT2D eigenvalue weighted by molar-refractivity contribution is -0.139. The largest absolute Gasteiger partial charge is 0.497 e. The second-order valence-corrected chi connectivity index (χ2v) is 11.5. The molecule has 0 saturated heterocycles. The van der Waals surface area contributed by atoms with Crippen LogP contribution in [0.2, 0.25) is 0 Å². The van der Waals surface area contributed by atoms with Gasteiger partial charge in [0.2, 0.25) is 11.8 Å². The molecular weight excluding hydrogens is 576 g/mol. The number of rotatable bonds is 12. The van der Waals surface area contributed by atoms with Crippen LogP contribution in [0.1, 0.15) is 11.1 Å². The van der Waals surface area contributed by atoms with Gasteiger partial charge < -0.3 is 15.0 Å². The Balaban J connectivity index is 1.77. The zero-order valence-electron chi connectivity index (χ0n) is 23.6. The lowest BCUT2D eigenvalue weighted by Gasteiger charge is -2.33. The Hall–Kier alpha value is -4.77. The van der Waals surface area contributed by atoms with Crippen molar-refractivity contribution in [2.24, 2.45) is 0 Å². The molecule has 4 rings (SSSR count). The molecular formula is C32H31F2N3O5S. The molecule has 4 aromatic rings. The van der Waals surface area contributed by atoms with Crippen molar-refractivity contribution < 1.29 is 31.5 Å². The minimum absolute atomic E-state index is 0.0480. The Morgan fingerprint density at radius 1 is 0.814 bits per heavy atom. The van der Waals surface area contributed by atoms with Crippen molar-refractivity contribution in [2.75, 3.05) is 25.0 Å². The highest BCUT2D eigenvalue weighted by Crippen LogP contribution is 2.26. The van der Waals surface area contributed by atoms with Crippen LogP contribution >= 0.6 is 0 Å². The van der Waals surface area contributed by atoms with E-state index in [-0.39, 0.29) is 23.5 Å². The average Bonchev–Trinajstić information content (AvgIpc) is 3.03. The van der Waals surface area contributed by atoms with Crippen molar-refractivity contribution >= 4 is 27.5 Å². The van der Waals surface area contributed by atoms with Gasteiger partial charge in [-0.3, -0.25) is 13.9 Å². The zero-order valence-corrected chi connectivity index (χ0v) is 24.4. The van der Waals surface area contributed by atoms with Gasteiger partial charge in [0, 0.05) is 20.0 Å². The number of carbonyl (C=O) groups excluding carboxylic acids is 2. The standard InChI is InChI=1S/C32H31F2N3O5S/c1-35-32(39)30(20-23-6-4-3-5-7-23)36(21-24-8-10-25(33)11-9-24)31(38)22-37(27-14-12-26(34)13-15-27)43(40,41)29-18-16-28(42-2)17-19-29/h3-19,30H,20-22H2,1-2H3,(H,35,39)/t30-/m1/s1. The van der Waals surface area contributed by atoms with Gasteiger partial charge in [0.15, 0.2) is 0 Å². The van der Waals surface area contributed by atoms with Crippen LogP contribution in [0.25, 0.3) is 0 Å². The Bertz CT molecular complexity index is 1630. The number of amides is 2. The highest BCUT2D eigenvalue weighted by Gasteiger charge is 2.34. The van der Waals surface area contributed by atoms with E-state index in [9.17, 15) is 26.8 Å². The molecule has 224 valence electrons. The summed E-state index contributed by atoms with van der Waals surface area (Å²) in [5, 5.41) is 2.60. The van der Waals surface area contributed by atoms with Gasteiger partial charge in [-0.1, -0.05) is 42.5 Å². The Kier molecular flexibility index (Phi) is 10.1. The molecule has 0 heterocycles. The lowest BCUT2D eigenvalue weighted by Crippen LogP contribution is -2.53. The van der Waals surface area contributed by atoms with E-state index in [2.05, 4.69) is 5.32 Å². The van der Waals surface area contributed by atoms with E-state index in [1.165, 1.54) is 79.7 Å². The van der Waals surface area contributed by atoms with Gasteiger partial charge in [0.1, 0.15) is 30.0 Å². The molecule has 0 aliphatic rings. The van der Waals surface area contributed by atoms with E-state index < -0.39 is 46.1 Å². The number of benzene rings is 4. The molecule has 0 saturated carbocycles. The number of hydrogen-bond donors (Lipinski definition) is 1. The highest BCUT2D eigenvalue weighted by molar-refractivity contribution is 7.92. The summed E-state index contributed by atoms with van der Waals surface area (Å²) in [5.41, 5.74) is 1.35. The Morgan fingerprint density at radius 3 is 1.95 bits per heavy atom. The first-order chi connectivity index (χ1) is 20.6. The minimum atomic E-state index is -4.35. The number of nitrogens with zero attached hydrogens (tertiary/aromatic N) is 2. The van der Waals surface area contributed by atoms with Gasteiger partial charge in [-0.15, -0.1) is 0 Å². The number of likely N-dealkylation sites (N-methyl/N-ethyl adjacent to an activating group) is 1. The molecule has 1 atom stereocenters. The topological polar surface area (TPSA) is 96.0 Å². The maximum absolute atomic E-state index is 14.2. The Labute approximate surface area is 249 Å². The van der Waals surface area contributed by atoms with Crippen LogP contribution in [0, 0.1) is 11.6 Å². The molecule has 11 heteroatoms. The van der Waals surface area contributed by atoms with E-state index in [0.29, 0.717) is 11.3 Å². The normalized spacial score (nSPS) is 11.8. The molecule has 0 radical (unpaired) electrons. The number of methoxy groups -OCH3 is 1. The summed E-state index contributed by atoms with van der Waals surface area (Å²) in [7, 11) is -1.46. The summed E-state index contributed by atoms with van der Waals surface area (Å²) >= 11 is 0. The third-order valence-corrected chi connectivity index (χ3v) is 8.61. The van der Waals surface area contributed by atoms with Gasteiger partial charge in [0.25, 0.3) is 10.0 Å². The number of halogens is 2. The van der Waals surface area contributed by atoms with Crippen LogP contribution < -0.4 is 14.4 Å². The zero-order chi connectivity index (χ0) is 31.0. The molecule has 0 aromatic heterocycles. The van der Waals surface area contributed by atoms with Gasteiger partial charge in [0.05, 0.1) is 17.7 Å². The molecule has 1 N–H and O–H groups in total. The number of sulfonamides is 1. The SMILES string of the molecule is CNC(=O)[C@@H](Cc1ccccc1)N(Cc1ccc(F)cc1)C(=O)CN(c1ccc(F)cc1)S(=O)(=O)c1ccc(OC)cc1. The van der Waals surface area contributed by atoms with Gasteiger partial charge in [-0.05, 0) is 71.8 Å². The fraction of sp³-hybridized carbons (Fsp3) is 0.188. The maximum atomic E-state index is 14.2. The summed E-state index contributed by atoms with van der Waals surface area (Å²) in [6.45, 7) is -0.812. The molecule has 0 bridgehead atoms. The van der Waals surface area contributed by atoms with Crippen LogP contribution in [0.4, 0.5) is 14.5 Å². The predicted octanol–water partition coefficient (Wildman–Crippen LogP) is 4.55. The highest BCUT2D eigenvalue weighted by atomic mass is 32.2. The third kappa shape index (κ3) is 7.75.